The Hall–Kier alpha value is -2.54. The van der Waals surface area contributed by atoms with Gasteiger partial charge in [0, 0.05) is 32.4 Å². The predicted molar refractivity (Wildman–Crippen MR) is 122 cm³/mol. The summed E-state index contributed by atoms with van der Waals surface area (Å²) in [6, 6.07) is 10.8. The van der Waals surface area contributed by atoms with Crippen molar-refractivity contribution in [3.8, 4) is 5.75 Å². The minimum absolute atomic E-state index is 0.302. The zero-order valence-electron chi connectivity index (χ0n) is 18.8. The lowest BCUT2D eigenvalue weighted by molar-refractivity contribution is 0.245. The first-order valence-electron chi connectivity index (χ1n) is 10.9. The smallest absolute Gasteiger partial charge is 0.191 e. The summed E-state index contributed by atoms with van der Waals surface area (Å²) in [7, 11) is 3.55. The molecule has 7 nitrogen and oxygen atoms in total. The van der Waals surface area contributed by atoms with Crippen LogP contribution in [0, 0.1) is 13.8 Å². The lowest BCUT2D eigenvalue weighted by Crippen LogP contribution is -2.43. The molecule has 1 aromatic carbocycles. The maximum Gasteiger partial charge on any atom is 0.191 e. The number of ether oxygens (including phenoxy) is 1. The first-order valence-corrected chi connectivity index (χ1v) is 10.9. The highest BCUT2D eigenvalue weighted by Crippen LogP contribution is 2.27. The summed E-state index contributed by atoms with van der Waals surface area (Å²) in [5, 5.41) is 11.5. The van der Waals surface area contributed by atoms with E-state index in [4.69, 9.17) is 4.74 Å². The van der Waals surface area contributed by atoms with Gasteiger partial charge in [0.25, 0.3) is 0 Å². The summed E-state index contributed by atoms with van der Waals surface area (Å²) in [5.41, 5.74) is 3.56. The van der Waals surface area contributed by atoms with Crippen molar-refractivity contribution in [1.82, 2.24) is 25.3 Å². The Balaban J connectivity index is 1.53. The van der Waals surface area contributed by atoms with E-state index in [-0.39, 0.29) is 0 Å². The number of nitrogens with one attached hydrogen (secondary N) is 2. The molecule has 2 aromatic rings. The number of hydrogen-bond donors (Lipinski definition) is 2. The van der Waals surface area contributed by atoms with Crippen molar-refractivity contribution in [3.63, 3.8) is 0 Å². The number of methoxy groups -OCH3 is 1. The molecule has 0 amide bonds. The SMILES string of the molecule is CN=C(NCCCn1nc(C)cc1C)NCC(c1cccc(OC)c1)N1CCCC1. The van der Waals surface area contributed by atoms with Gasteiger partial charge in [-0.05, 0) is 70.0 Å². The number of guanidine groups is 1. The van der Waals surface area contributed by atoms with Gasteiger partial charge < -0.3 is 15.4 Å². The Morgan fingerprint density at radius 2 is 2.00 bits per heavy atom. The number of nitrogens with zero attached hydrogens (tertiary/aromatic N) is 4. The van der Waals surface area contributed by atoms with Gasteiger partial charge in [0.1, 0.15) is 5.75 Å². The second kappa shape index (κ2) is 11.0. The Morgan fingerprint density at radius 3 is 2.67 bits per heavy atom. The number of likely N-dealkylation sites (tertiary alicyclic amines) is 1. The molecular weight excluding hydrogens is 376 g/mol. The molecule has 0 radical (unpaired) electrons. The normalized spacial score (nSPS) is 15.9. The summed E-state index contributed by atoms with van der Waals surface area (Å²) < 4.78 is 7.51. The number of aromatic nitrogens is 2. The van der Waals surface area contributed by atoms with Gasteiger partial charge >= 0.3 is 0 Å². The van der Waals surface area contributed by atoms with Gasteiger partial charge in [-0.2, -0.15) is 5.10 Å². The zero-order chi connectivity index (χ0) is 21.3. The summed E-state index contributed by atoms with van der Waals surface area (Å²) >= 11 is 0. The standard InChI is InChI=1S/C23H36N6O/c1-18-15-19(2)29(27-18)14-8-11-25-23(24-3)26-17-22(28-12-5-6-13-28)20-9-7-10-21(16-20)30-4/h7,9-10,15-16,22H,5-6,8,11-14,17H2,1-4H3,(H2,24,25,26). The van der Waals surface area contributed by atoms with Crippen molar-refractivity contribution in [2.75, 3.05) is 40.3 Å². The van der Waals surface area contributed by atoms with Crippen LogP contribution in [0.5, 0.6) is 5.75 Å². The summed E-state index contributed by atoms with van der Waals surface area (Å²) in [4.78, 5) is 6.96. The van der Waals surface area contributed by atoms with Crippen LogP contribution in [0.25, 0.3) is 0 Å². The zero-order valence-corrected chi connectivity index (χ0v) is 18.8. The summed E-state index contributed by atoms with van der Waals surface area (Å²) in [5.74, 6) is 1.75. The molecule has 1 fully saturated rings. The van der Waals surface area contributed by atoms with Crippen LogP contribution in [0.1, 0.15) is 42.3 Å². The fourth-order valence-corrected chi connectivity index (χ4v) is 4.11. The van der Waals surface area contributed by atoms with E-state index >= 15 is 0 Å². The van der Waals surface area contributed by atoms with Crippen LogP contribution in [-0.2, 0) is 6.54 Å². The van der Waals surface area contributed by atoms with Gasteiger partial charge in [-0.3, -0.25) is 14.6 Å². The first kappa shape index (κ1) is 22.2. The maximum absolute atomic E-state index is 5.44. The van der Waals surface area contributed by atoms with Crippen molar-refractivity contribution in [3.05, 3.63) is 47.3 Å². The van der Waals surface area contributed by atoms with Crippen molar-refractivity contribution in [1.29, 1.82) is 0 Å². The Kier molecular flexibility index (Phi) is 8.13. The van der Waals surface area contributed by atoms with Crippen LogP contribution < -0.4 is 15.4 Å². The average Bonchev–Trinajstić information content (AvgIpc) is 3.39. The van der Waals surface area contributed by atoms with Crippen LogP contribution in [0.4, 0.5) is 0 Å². The molecule has 1 aliphatic heterocycles. The molecular formula is C23H36N6O. The van der Waals surface area contributed by atoms with E-state index in [9.17, 15) is 0 Å². The minimum Gasteiger partial charge on any atom is -0.497 e. The third kappa shape index (κ3) is 5.98. The molecule has 1 unspecified atom stereocenters. The Morgan fingerprint density at radius 1 is 1.20 bits per heavy atom. The van der Waals surface area contributed by atoms with E-state index in [1.165, 1.54) is 24.1 Å². The number of aliphatic imine (C=N–C) groups is 1. The van der Waals surface area contributed by atoms with E-state index in [2.05, 4.69) is 61.5 Å². The van der Waals surface area contributed by atoms with Crippen molar-refractivity contribution in [2.45, 2.75) is 45.7 Å². The molecule has 2 heterocycles. The molecule has 164 valence electrons. The van der Waals surface area contributed by atoms with Gasteiger partial charge in [0.2, 0.25) is 0 Å². The third-order valence-corrected chi connectivity index (χ3v) is 5.69. The highest BCUT2D eigenvalue weighted by molar-refractivity contribution is 5.79. The number of rotatable bonds is 9. The molecule has 0 saturated carbocycles. The highest BCUT2D eigenvalue weighted by Gasteiger charge is 2.24. The van der Waals surface area contributed by atoms with Gasteiger partial charge in [0.05, 0.1) is 18.8 Å². The highest BCUT2D eigenvalue weighted by atomic mass is 16.5. The predicted octanol–water partition coefficient (Wildman–Crippen LogP) is 2.90. The molecule has 1 saturated heterocycles. The molecule has 2 N–H and O–H groups in total. The van der Waals surface area contributed by atoms with Crippen LogP contribution in [0.2, 0.25) is 0 Å². The second-order valence-corrected chi connectivity index (χ2v) is 7.92. The lowest BCUT2D eigenvalue weighted by Gasteiger charge is -2.29. The molecule has 1 atom stereocenters. The van der Waals surface area contributed by atoms with Crippen LogP contribution in [-0.4, -0.2) is 61.0 Å². The third-order valence-electron chi connectivity index (χ3n) is 5.69. The van der Waals surface area contributed by atoms with Crippen molar-refractivity contribution in [2.24, 2.45) is 4.99 Å². The molecule has 0 spiro atoms. The van der Waals surface area contributed by atoms with E-state index in [1.807, 2.05) is 20.0 Å². The Bertz CT molecular complexity index is 825. The Labute approximate surface area is 180 Å². The summed E-state index contributed by atoms with van der Waals surface area (Å²) in [6.07, 6.45) is 3.52. The molecule has 1 aliphatic rings. The van der Waals surface area contributed by atoms with E-state index in [1.54, 1.807) is 7.11 Å². The van der Waals surface area contributed by atoms with Gasteiger partial charge in [0.15, 0.2) is 5.96 Å². The lowest BCUT2D eigenvalue weighted by atomic mass is 10.1. The summed E-state index contributed by atoms with van der Waals surface area (Å²) in [6.45, 7) is 8.98. The monoisotopic (exact) mass is 412 g/mol. The number of aryl methyl sites for hydroxylation is 3. The molecule has 0 aliphatic carbocycles. The number of benzene rings is 1. The number of hydrogen-bond acceptors (Lipinski definition) is 4. The minimum atomic E-state index is 0.302. The maximum atomic E-state index is 5.44. The van der Waals surface area contributed by atoms with Gasteiger partial charge in [-0.25, -0.2) is 0 Å². The van der Waals surface area contributed by atoms with Crippen LogP contribution >= 0.6 is 0 Å². The average molecular weight is 413 g/mol. The quantitative estimate of drug-likeness (QED) is 0.377. The fraction of sp³-hybridized carbons (Fsp3) is 0.565. The van der Waals surface area contributed by atoms with E-state index < -0.39 is 0 Å². The fourth-order valence-electron chi connectivity index (χ4n) is 4.11. The second-order valence-electron chi connectivity index (χ2n) is 7.92. The van der Waals surface area contributed by atoms with Crippen molar-refractivity contribution >= 4 is 5.96 Å². The first-order chi connectivity index (χ1) is 14.6. The van der Waals surface area contributed by atoms with E-state index in [0.29, 0.717) is 6.04 Å². The van der Waals surface area contributed by atoms with Crippen LogP contribution in [0.15, 0.2) is 35.3 Å². The van der Waals surface area contributed by atoms with Crippen LogP contribution in [0.3, 0.4) is 0 Å². The van der Waals surface area contributed by atoms with E-state index in [0.717, 1.165) is 56.5 Å². The molecule has 7 heteroatoms. The molecule has 3 rings (SSSR count). The largest absolute Gasteiger partial charge is 0.497 e. The van der Waals surface area contributed by atoms with Crippen molar-refractivity contribution < 1.29 is 4.74 Å². The van der Waals surface area contributed by atoms with Gasteiger partial charge in [-0.1, -0.05) is 12.1 Å². The molecule has 30 heavy (non-hydrogen) atoms. The molecule has 1 aromatic heterocycles. The topological polar surface area (TPSA) is 66.7 Å². The molecule has 0 bridgehead atoms. The van der Waals surface area contributed by atoms with Gasteiger partial charge in [-0.15, -0.1) is 0 Å².